The van der Waals surface area contributed by atoms with E-state index in [1.807, 2.05) is 18.2 Å². The molecule has 4 rings (SSSR count). The quantitative estimate of drug-likeness (QED) is 0.809. The maximum Gasteiger partial charge on any atom is 0.254 e. The lowest BCUT2D eigenvalue weighted by Crippen LogP contribution is -2.43. The van der Waals surface area contributed by atoms with Gasteiger partial charge in [0.1, 0.15) is 5.67 Å². The van der Waals surface area contributed by atoms with Crippen molar-refractivity contribution < 1.29 is 9.18 Å². The minimum Gasteiger partial charge on any atom is -0.338 e. The second-order valence-electron chi connectivity index (χ2n) is 7.80. The summed E-state index contributed by atoms with van der Waals surface area (Å²) >= 11 is 0. The molecule has 0 atom stereocenters. The number of piperidine rings is 1. The van der Waals surface area contributed by atoms with Crippen molar-refractivity contribution in [3.8, 4) is 17.3 Å². The Labute approximate surface area is 158 Å². The Kier molecular flexibility index (Phi) is 4.43. The lowest BCUT2D eigenvalue weighted by molar-refractivity contribution is 0.0504. The number of rotatable bonds is 3. The second kappa shape index (κ2) is 6.77. The van der Waals surface area contributed by atoms with Crippen LogP contribution in [0.5, 0.6) is 0 Å². The molecule has 0 spiro atoms. The van der Waals surface area contributed by atoms with Gasteiger partial charge in [-0.15, -0.1) is 0 Å². The maximum absolute atomic E-state index is 14.1. The summed E-state index contributed by atoms with van der Waals surface area (Å²) in [5.74, 6) is 0.385. The molecule has 0 unspecified atom stereocenters. The number of hydrogen-bond donors (Lipinski definition) is 0. The molecule has 1 amide bonds. The number of likely N-dealkylation sites (tertiary alicyclic amines) is 1. The van der Waals surface area contributed by atoms with Crippen LogP contribution in [-0.2, 0) is 0 Å². The SMILES string of the molecule is CC1(F)CCN(C(=O)c2ccc(C#N)cc2-c2cccc(C3CC3)n2)CC1. The van der Waals surface area contributed by atoms with Gasteiger partial charge in [-0.2, -0.15) is 5.26 Å². The zero-order chi connectivity index (χ0) is 19.0. The molecule has 1 saturated heterocycles. The molecule has 2 fully saturated rings. The third kappa shape index (κ3) is 3.71. The topological polar surface area (TPSA) is 57.0 Å². The molecule has 5 heteroatoms. The van der Waals surface area contributed by atoms with E-state index in [0.717, 1.165) is 18.5 Å². The van der Waals surface area contributed by atoms with Crippen molar-refractivity contribution in [3.05, 3.63) is 53.2 Å². The van der Waals surface area contributed by atoms with Gasteiger partial charge >= 0.3 is 0 Å². The Morgan fingerprint density at radius 2 is 2.00 bits per heavy atom. The second-order valence-corrected chi connectivity index (χ2v) is 7.80. The van der Waals surface area contributed by atoms with Gasteiger partial charge in [-0.3, -0.25) is 9.78 Å². The van der Waals surface area contributed by atoms with E-state index >= 15 is 0 Å². The van der Waals surface area contributed by atoms with Gasteiger partial charge < -0.3 is 4.90 Å². The van der Waals surface area contributed by atoms with Crippen LogP contribution in [0.2, 0.25) is 0 Å². The molecular formula is C22H22FN3O. The van der Waals surface area contributed by atoms with E-state index in [0.29, 0.717) is 54.2 Å². The molecule has 4 nitrogen and oxygen atoms in total. The van der Waals surface area contributed by atoms with E-state index < -0.39 is 5.67 Å². The molecule has 0 N–H and O–H groups in total. The number of carbonyl (C=O) groups is 1. The Morgan fingerprint density at radius 3 is 2.67 bits per heavy atom. The number of halogens is 1. The molecule has 138 valence electrons. The monoisotopic (exact) mass is 363 g/mol. The number of nitrogens with zero attached hydrogens (tertiary/aromatic N) is 3. The zero-order valence-electron chi connectivity index (χ0n) is 15.4. The maximum atomic E-state index is 14.1. The molecule has 0 radical (unpaired) electrons. The van der Waals surface area contributed by atoms with Crippen LogP contribution < -0.4 is 0 Å². The Morgan fingerprint density at radius 1 is 1.26 bits per heavy atom. The first-order chi connectivity index (χ1) is 13.0. The molecule has 1 saturated carbocycles. The van der Waals surface area contributed by atoms with Gasteiger partial charge in [-0.05, 0) is 62.9 Å². The van der Waals surface area contributed by atoms with Crippen molar-refractivity contribution in [1.82, 2.24) is 9.88 Å². The summed E-state index contributed by atoms with van der Waals surface area (Å²) in [6, 6.07) is 13.1. The highest BCUT2D eigenvalue weighted by atomic mass is 19.1. The molecule has 2 aromatic rings. The standard InChI is InChI=1S/C22H22FN3O/c1-22(23)9-11-26(12-10-22)21(27)17-8-5-15(14-24)13-18(17)20-4-2-3-19(25-20)16-6-7-16/h2-5,8,13,16H,6-7,9-12H2,1H3. The number of alkyl halides is 1. The average molecular weight is 363 g/mol. The summed E-state index contributed by atoms with van der Waals surface area (Å²) in [5.41, 5.74) is 2.25. The molecule has 0 bridgehead atoms. The molecule has 1 aliphatic carbocycles. The fraction of sp³-hybridized carbons (Fsp3) is 0.409. The van der Waals surface area contributed by atoms with Gasteiger partial charge in [-0.25, -0.2) is 4.39 Å². The first-order valence-electron chi connectivity index (χ1n) is 9.46. The number of amides is 1. The summed E-state index contributed by atoms with van der Waals surface area (Å²) in [7, 11) is 0. The normalized spacial score (nSPS) is 18.8. The van der Waals surface area contributed by atoms with Crippen LogP contribution in [0.3, 0.4) is 0 Å². The lowest BCUT2D eigenvalue weighted by atomic mass is 9.94. The number of hydrogen-bond acceptors (Lipinski definition) is 3. The fourth-order valence-corrected chi connectivity index (χ4v) is 3.57. The van der Waals surface area contributed by atoms with Crippen LogP contribution in [0.1, 0.15) is 60.1 Å². The van der Waals surface area contributed by atoms with E-state index in [9.17, 15) is 14.4 Å². The van der Waals surface area contributed by atoms with Crippen molar-refractivity contribution in [2.45, 2.75) is 44.2 Å². The lowest BCUT2D eigenvalue weighted by Gasteiger charge is -2.34. The van der Waals surface area contributed by atoms with Crippen LogP contribution in [0.4, 0.5) is 4.39 Å². The summed E-state index contributed by atoms with van der Waals surface area (Å²) in [6.45, 7) is 2.40. The Bertz CT molecular complexity index is 917. The number of aromatic nitrogens is 1. The summed E-state index contributed by atoms with van der Waals surface area (Å²) < 4.78 is 14.1. The van der Waals surface area contributed by atoms with Crippen molar-refractivity contribution >= 4 is 5.91 Å². The van der Waals surface area contributed by atoms with E-state index in [-0.39, 0.29) is 5.91 Å². The van der Waals surface area contributed by atoms with Crippen LogP contribution in [-0.4, -0.2) is 34.5 Å². The molecule has 1 aromatic carbocycles. The van der Waals surface area contributed by atoms with E-state index in [4.69, 9.17) is 4.98 Å². The summed E-state index contributed by atoms with van der Waals surface area (Å²) in [6.07, 6.45) is 2.99. The van der Waals surface area contributed by atoms with Gasteiger partial charge in [0.25, 0.3) is 5.91 Å². The summed E-state index contributed by atoms with van der Waals surface area (Å²) in [5, 5.41) is 9.29. The summed E-state index contributed by atoms with van der Waals surface area (Å²) in [4.78, 5) is 19.6. The van der Waals surface area contributed by atoms with Crippen LogP contribution in [0, 0.1) is 11.3 Å². The van der Waals surface area contributed by atoms with Crippen molar-refractivity contribution in [1.29, 1.82) is 5.26 Å². The van der Waals surface area contributed by atoms with Crippen LogP contribution >= 0.6 is 0 Å². The molecular weight excluding hydrogens is 341 g/mol. The smallest absolute Gasteiger partial charge is 0.254 e. The van der Waals surface area contributed by atoms with E-state index in [2.05, 4.69) is 6.07 Å². The average Bonchev–Trinajstić information content (AvgIpc) is 3.52. The number of benzene rings is 1. The highest BCUT2D eigenvalue weighted by molar-refractivity contribution is 6.00. The van der Waals surface area contributed by atoms with E-state index in [1.165, 1.54) is 0 Å². The predicted molar refractivity (Wildman–Crippen MR) is 101 cm³/mol. The fourth-order valence-electron chi connectivity index (χ4n) is 3.57. The number of carbonyl (C=O) groups excluding carboxylic acids is 1. The minimum absolute atomic E-state index is 0.122. The number of nitriles is 1. The van der Waals surface area contributed by atoms with Gasteiger partial charge in [-0.1, -0.05) is 6.07 Å². The van der Waals surface area contributed by atoms with Gasteiger partial charge in [0.2, 0.25) is 0 Å². The van der Waals surface area contributed by atoms with Gasteiger partial charge in [0, 0.05) is 35.8 Å². The van der Waals surface area contributed by atoms with Crippen molar-refractivity contribution in [2.24, 2.45) is 0 Å². The highest BCUT2D eigenvalue weighted by Gasteiger charge is 2.32. The predicted octanol–water partition coefficient (Wildman–Crippen LogP) is 4.46. The minimum atomic E-state index is -1.20. The molecule has 2 aliphatic rings. The highest BCUT2D eigenvalue weighted by Crippen LogP contribution is 2.40. The third-order valence-corrected chi connectivity index (χ3v) is 5.51. The molecule has 2 heterocycles. The van der Waals surface area contributed by atoms with Crippen LogP contribution in [0.25, 0.3) is 11.3 Å². The number of pyridine rings is 1. The van der Waals surface area contributed by atoms with Crippen LogP contribution in [0.15, 0.2) is 36.4 Å². The molecule has 1 aromatic heterocycles. The van der Waals surface area contributed by atoms with E-state index in [1.54, 1.807) is 30.0 Å². The van der Waals surface area contributed by atoms with Crippen molar-refractivity contribution in [2.75, 3.05) is 13.1 Å². The zero-order valence-corrected chi connectivity index (χ0v) is 15.4. The molecule has 1 aliphatic heterocycles. The molecule has 27 heavy (non-hydrogen) atoms. The Balaban J connectivity index is 1.70. The first kappa shape index (κ1) is 17.7. The first-order valence-corrected chi connectivity index (χ1v) is 9.46. The van der Waals surface area contributed by atoms with Gasteiger partial charge in [0.15, 0.2) is 0 Å². The Hall–Kier alpha value is -2.74. The third-order valence-electron chi connectivity index (χ3n) is 5.51. The van der Waals surface area contributed by atoms with Gasteiger partial charge in [0.05, 0.1) is 17.3 Å². The largest absolute Gasteiger partial charge is 0.338 e. The van der Waals surface area contributed by atoms with Crippen molar-refractivity contribution in [3.63, 3.8) is 0 Å².